The van der Waals surface area contributed by atoms with Crippen LogP contribution < -0.4 is 10.1 Å². The van der Waals surface area contributed by atoms with E-state index in [-0.39, 0.29) is 30.0 Å². The lowest BCUT2D eigenvalue weighted by molar-refractivity contribution is -0.148. The maximum Gasteiger partial charge on any atom is 0.340 e. The SMILES string of the molecule is CC(CO)C(C)NC(=O)c1ccc(OCC(F)(F)C(F)F)nc1. The topological polar surface area (TPSA) is 71.5 Å². The molecule has 5 nitrogen and oxygen atoms in total. The van der Waals surface area contributed by atoms with Crippen molar-refractivity contribution in [3.05, 3.63) is 23.9 Å². The van der Waals surface area contributed by atoms with Gasteiger partial charge in [0, 0.05) is 24.9 Å². The van der Waals surface area contributed by atoms with Crippen molar-refractivity contribution < 1.29 is 32.2 Å². The average Bonchev–Trinajstić information content (AvgIpc) is 2.52. The number of carbonyl (C=O) groups excluding carboxylic acids is 1. The largest absolute Gasteiger partial charge is 0.471 e. The van der Waals surface area contributed by atoms with Gasteiger partial charge in [-0.15, -0.1) is 0 Å². The van der Waals surface area contributed by atoms with Crippen molar-refractivity contribution in [3.63, 3.8) is 0 Å². The molecule has 0 aromatic carbocycles. The molecule has 2 N–H and O–H groups in total. The number of nitrogens with zero attached hydrogens (tertiary/aromatic N) is 1. The van der Waals surface area contributed by atoms with Gasteiger partial charge in [0.05, 0.1) is 5.56 Å². The molecule has 0 fully saturated rings. The van der Waals surface area contributed by atoms with Crippen LogP contribution in [0.5, 0.6) is 5.88 Å². The lowest BCUT2D eigenvalue weighted by Gasteiger charge is -2.19. The summed E-state index contributed by atoms with van der Waals surface area (Å²) in [6.45, 7) is 1.87. The Morgan fingerprint density at radius 1 is 1.39 bits per heavy atom. The second-order valence-corrected chi connectivity index (χ2v) is 5.16. The molecular formula is C14H18F4N2O3. The first-order valence-electron chi connectivity index (χ1n) is 6.84. The monoisotopic (exact) mass is 338 g/mol. The van der Waals surface area contributed by atoms with Gasteiger partial charge in [0.1, 0.15) is 0 Å². The molecule has 0 aliphatic heterocycles. The number of nitrogens with one attached hydrogen (secondary N) is 1. The Morgan fingerprint density at radius 3 is 2.52 bits per heavy atom. The third-order valence-electron chi connectivity index (χ3n) is 3.23. The summed E-state index contributed by atoms with van der Waals surface area (Å²) in [5.74, 6) is -5.17. The Hall–Kier alpha value is -1.90. The normalized spacial score (nSPS) is 14.4. The summed E-state index contributed by atoms with van der Waals surface area (Å²) in [6, 6.07) is 2.12. The molecule has 0 saturated carbocycles. The van der Waals surface area contributed by atoms with Crippen molar-refractivity contribution in [2.45, 2.75) is 32.2 Å². The molecular weight excluding hydrogens is 320 g/mol. The Bertz CT molecular complexity index is 511. The molecule has 0 aliphatic carbocycles. The van der Waals surface area contributed by atoms with Crippen molar-refractivity contribution in [1.82, 2.24) is 10.3 Å². The number of carbonyl (C=O) groups is 1. The van der Waals surface area contributed by atoms with Gasteiger partial charge in [-0.1, -0.05) is 6.92 Å². The van der Waals surface area contributed by atoms with Crippen LogP contribution >= 0.6 is 0 Å². The van der Waals surface area contributed by atoms with Crippen molar-refractivity contribution in [3.8, 4) is 5.88 Å². The molecule has 9 heteroatoms. The summed E-state index contributed by atoms with van der Waals surface area (Å²) in [5, 5.41) is 11.6. The van der Waals surface area contributed by atoms with Crippen molar-refractivity contribution in [1.29, 1.82) is 0 Å². The summed E-state index contributed by atoms with van der Waals surface area (Å²) in [4.78, 5) is 15.5. The maximum absolute atomic E-state index is 12.7. The second-order valence-electron chi connectivity index (χ2n) is 5.16. The van der Waals surface area contributed by atoms with Crippen LogP contribution in [0.2, 0.25) is 0 Å². The molecule has 1 aromatic rings. The lowest BCUT2D eigenvalue weighted by Crippen LogP contribution is -2.38. The van der Waals surface area contributed by atoms with Crippen LogP contribution in [0.1, 0.15) is 24.2 Å². The minimum atomic E-state index is -4.27. The van der Waals surface area contributed by atoms with E-state index in [1.54, 1.807) is 13.8 Å². The van der Waals surface area contributed by atoms with Gasteiger partial charge in [-0.05, 0) is 18.9 Å². The highest BCUT2D eigenvalue weighted by atomic mass is 19.3. The molecule has 1 aromatic heterocycles. The van der Waals surface area contributed by atoms with Gasteiger partial charge in [-0.3, -0.25) is 4.79 Å². The highest BCUT2D eigenvalue weighted by Gasteiger charge is 2.41. The number of rotatable bonds is 8. The van der Waals surface area contributed by atoms with E-state index in [0.29, 0.717) is 0 Å². The van der Waals surface area contributed by atoms with Crippen LogP contribution in [-0.2, 0) is 0 Å². The van der Waals surface area contributed by atoms with Gasteiger partial charge < -0.3 is 15.2 Å². The molecule has 0 radical (unpaired) electrons. The number of aliphatic hydroxyl groups excluding tert-OH is 1. The van der Waals surface area contributed by atoms with Gasteiger partial charge in [0.2, 0.25) is 5.88 Å². The summed E-state index contributed by atoms with van der Waals surface area (Å²) >= 11 is 0. The fourth-order valence-corrected chi connectivity index (χ4v) is 1.42. The predicted molar refractivity (Wildman–Crippen MR) is 73.9 cm³/mol. The van der Waals surface area contributed by atoms with Crippen LogP contribution in [0.15, 0.2) is 18.3 Å². The number of alkyl halides is 4. The third-order valence-corrected chi connectivity index (χ3v) is 3.23. The Kier molecular flexibility index (Phi) is 6.74. The first-order valence-corrected chi connectivity index (χ1v) is 6.84. The third kappa shape index (κ3) is 5.66. The van der Waals surface area contributed by atoms with Gasteiger partial charge >= 0.3 is 12.3 Å². The quantitative estimate of drug-likeness (QED) is 0.712. The standard InChI is InChI=1S/C14H18F4N2O3/c1-8(6-21)9(2)20-12(22)10-3-4-11(19-5-10)23-7-14(17,18)13(15)16/h3-5,8-9,13,21H,6-7H2,1-2H3,(H,20,22). The zero-order valence-electron chi connectivity index (χ0n) is 12.6. The molecule has 0 saturated heterocycles. The van der Waals surface area contributed by atoms with Gasteiger partial charge in [0.25, 0.3) is 5.91 Å². The van der Waals surface area contributed by atoms with E-state index in [0.717, 1.165) is 12.3 Å². The Morgan fingerprint density at radius 2 is 2.04 bits per heavy atom. The van der Waals surface area contributed by atoms with Crippen LogP contribution in [0.3, 0.4) is 0 Å². The zero-order valence-corrected chi connectivity index (χ0v) is 12.6. The number of aromatic nitrogens is 1. The summed E-state index contributed by atoms with van der Waals surface area (Å²) < 4.78 is 53.9. The highest BCUT2D eigenvalue weighted by molar-refractivity contribution is 5.94. The predicted octanol–water partition coefficient (Wildman–Crippen LogP) is 2.11. The molecule has 2 unspecified atom stereocenters. The molecule has 1 amide bonds. The number of ether oxygens (including phenoxy) is 1. The van der Waals surface area contributed by atoms with Crippen LogP contribution in [0.25, 0.3) is 0 Å². The van der Waals surface area contributed by atoms with Gasteiger partial charge in [-0.25, -0.2) is 13.8 Å². The van der Waals surface area contributed by atoms with E-state index in [4.69, 9.17) is 5.11 Å². The van der Waals surface area contributed by atoms with E-state index < -0.39 is 24.9 Å². The molecule has 2 atom stereocenters. The molecule has 0 spiro atoms. The molecule has 1 rings (SSSR count). The van der Waals surface area contributed by atoms with E-state index in [1.165, 1.54) is 6.07 Å². The van der Waals surface area contributed by atoms with Gasteiger partial charge in [0.15, 0.2) is 6.61 Å². The van der Waals surface area contributed by atoms with Crippen LogP contribution in [0, 0.1) is 5.92 Å². The number of hydrogen-bond donors (Lipinski definition) is 2. The van der Waals surface area contributed by atoms with E-state index >= 15 is 0 Å². The zero-order chi connectivity index (χ0) is 17.6. The summed E-state index contributed by atoms with van der Waals surface area (Å²) in [5.41, 5.74) is 0.148. The van der Waals surface area contributed by atoms with E-state index in [1.807, 2.05) is 0 Å². The minimum Gasteiger partial charge on any atom is -0.471 e. The first-order chi connectivity index (χ1) is 10.7. The molecule has 130 valence electrons. The van der Waals surface area contributed by atoms with Crippen molar-refractivity contribution in [2.24, 2.45) is 5.92 Å². The van der Waals surface area contributed by atoms with Crippen molar-refractivity contribution in [2.75, 3.05) is 13.2 Å². The Balaban J connectivity index is 2.61. The van der Waals surface area contributed by atoms with Crippen LogP contribution in [-0.4, -0.2) is 47.6 Å². The van der Waals surface area contributed by atoms with E-state index in [9.17, 15) is 22.4 Å². The lowest BCUT2D eigenvalue weighted by atomic mass is 10.0. The second kappa shape index (κ2) is 8.09. The highest BCUT2D eigenvalue weighted by Crippen LogP contribution is 2.23. The molecule has 0 aliphatic rings. The fraction of sp³-hybridized carbons (Fsp3) is 0.571. The van der Waals surface area contributed by atoms with Crippen LogP contribution in [0.4, 0.5) is 17.6 Å². The Labute approximate surface area is 130 Å². The number of amides is 1. The first kappa shape index (κ1) is 19.1. The fourth-order valence-electron chi connectivity index (χ4n) is 1.42. The van der Waals surface area contributed by atoms with Crippen molar-refractivity contribution >= 4 is 5.91 Å². The minimum absolute atomic E-state index is 0.0924. The molecule has 1 heterocycles. The summed E-state index contributed by atoms with van der Waals surface area (Å²) in [7, 11) is 0. The maximum atomic E-state index is 12.7. The average molecular weight is 338 g/mol. The number of pyridine rings is 1. The smallest absolute Gasteiger partial charge is 0.340 e. The number of halogens is 4. The number of hydrogen-bond acceptors (Lipinski definition) is 4. The van der Waals surface area contributed by atoms with E-state index in [2.05, 4.69) is 15.0 Å². The number of aliphatic hydroxyl groups is 1. The summed E-state index contributed by atoms with van der Waals surface area (Å²) in [6.07, 6.45) is -2.75. The van der Waals surface area contributed by atoms with Gasteiger partial charge in [-0.2, -0.15) is 8.78 Å². The molecule has 23 heavy (non-hydrogen) atoms. The molecule has 0 bridgehead atoms.